The smallest absolute Gasteiger partial charge is 0.205 e. The van der Waals surface area contributed by atoms with Crippen molar-refractivity contribution in [1.82, 2.24) is 10.3 Å². The molecule has 30 heavy (non-hydrogen) atoms. The van der Waals surface area contributed by atoms with Crippen molar-refractivity contribution in [2.24, 2.45) is 0 Å². The first-order chi connectivity index (χ1) is 14.7. The minimum Gasteiger partial charge on any atom is -0.493 e. The highest BCUT2D eigenvalue weighted by Crippen LogP contribution is 2.35. The number of methoxy groups -OCH3 is 2. The lowest BCUT2D eigenvalue weighted by atomic mass is 9.96. The van der Waals surface area contributed by atoms with Gasteiger partial charge in [0.1, 0.15) is 11.6 Å². The summed E-state index contributed by atoms with van der Waals surface area (Å²) in [6.07, 6.45) is 5.83. The average Bonchev–Trinajstić information content (AvgIpc) is 3.22. The summed E-state index contributed by atoms with van der Waals surface area (Å²) in [5, 5.41) is 13.7. The molecule has 0 fully saturated rings. The lowest BCUT2D eigenvalue weighted by molar-refractivity contribution is 0.104. The number of nitrogens with zero attached hydrogens (tertiary/aromatic N) is 1. The van der Waals surface area contributed by atoms with Crippen LogP contribution in [-0.2, 0) is 6.42 Å². The molecule has 3 aromatic rings. The van der Waals surface area contributed by atoms with Crippen LogP contribution in [0.3, 0.4) is 0 Å². The van der Waals surface area contributed by atoms with Gasteiger partial charge >= 0.3 is 0 Å². The predicted molar refractivity (Wildman–Crippen MR) is 116 cm³/mol. The van der Waals surface area contributed by atoms with Crippen LogP contribution in [0.4, 0.5) is 0 Å². The zero-order valence-electron chi connectivity index (χ0n) is 16.8. The largest absolute Gasteiger partial charge is 0.493 e. The molecule has 0 radical (unpaired) electrons. The molecule has 0 aliphatic carbocycles. The molecule has 0 spiro atoms. The lowest BCUT2D eigenvalue weighted by Crippen LogP contribution is -2.22. The van der Waals surface area contributed by atoms with Crippen LogP contribution in [0, 0.1) is 11.3 Å². The third-order valence-electron chi connectivity index (χ3n) is 5.22. The summed E-state index contributed by atoms with van der Waals surface area (Å²) in [5.74, 6) is 1.00. The van der Waals surface area contributed by atoms with E-state index in [0.717, 1.165) is 40.7 Å². The number of nitrogens with one attached hydrogen (secondary N) is 2. The molecule has 2 aromatic carbocycles. The van der Waals surface area contributed by atoms with Gasteiger partial charge in [0.25, 0.3) is 0 Å². The van der Waals surface area contributed by atoms with Crippen molar-refractivity contribution in [2.75, 3.05) is 20.8 Å². The molecule has 1 aromatic heterocycles. The van der Waals surface area contributed by atoms with Gasteiger partial charge in [0.2, 0.25) is 5.78 Å². The molecule has 1 aliphatic heterocycles. The zero-order chi connectivity index (χ0) is 21.1. The van der Waals surface area contributed by atoms with Gasteiger partial charge in [-0.2, -0.15) is 5.26 Å². The quantitative estimate of drug-likeness (QED) is 0.385. The van der Waals surface area contributed by atoms with Crippen LogP contribution in [0.25, 0.3) is 16.6 Å². The summed E-state index contributed by atoms with van der Waals surface area (Å²) in [5.41, 5.74) is 4.33. The van der Waals surface area contributed by atoms with E-state index in [1.54, 1.807) is 32.6 Å². The first-order valence-corrected chi connectivity index (χ1v) is 9.58. The molecule has 150 valence electrons. The minimum atomic E-state index is -0.310. The van der Waals surface area contributed by atoms with Crippen LogP contribution in [0.5, 0.6) is 11.5 Å². The van der Waals surface area contributed by atoms with E-state index in [-0.39, 0.29) is 11.4 Å². The molecule has 0 atom stereocenters. The Balaban J connectivity index is 1.71. The lowest BCUT2D eigenvalue weighted by Gasteiger charge is -2.23. The Labute approximate surface area is 174 Å². The number of Topliss-reactive ketones (excluding diaryl/α,β-unsaturated/α-hetero) is 1. The second-order valence-corrected chi connectivity index (χ2v) is 6.89. The number of hydrogen-bond donors (Lipinski definition) is 2. The Bertz CT molecular complexity index is 1230. The van der Waals surface area contributed by atoms with E-state index in [9.17, 15) is 10.1 Å². The van der Waals surface area contributed by atoms with Gasteiger partial charge in [-0.25, -0.2) is 0 Å². The fraction of sp³-hybridized carbons (Fsp3) is 0.167. The highest BCUT2D eigenvalue weighted by atomic mass is 16.5. The third kappa shape index (κ3) is 3.42. The molecule has 0 amide bonds. The highest BCUT2D eigenvalue weighted by Gasteiger charge is 2.19. The number of para-hydroxylation sites is 1. The molecule has 6 nitrogen and oxygen atoms in total. The number of rotatable bonds is 5. The summed E-state index contributed by atoms with van der Waals surface area (Å²) in [7, 11) is 3.21. The molecule has 0 bridgehead atoms. The van der Waals surface area contributed by atoms with Crippen molar-refractivity contribution in [3.63, 3.8) is 0 Å². The average molecular weight is 399 g/mol. The molecule has 0 saturated carbocycles. The van der Waals surface area contributed by atoms with Crippen LogP contribution < -0.4 is 14.8 Å². The first kappa shape index (κ1) is 19.3. The van der Waals surface area contributed by atoms with Gasteiger partial charge in [0.05, 0.1) is 14.2 Å². The van der Waals surface area contributed by atoms with E-state index in [4.69, 9.17) is 9.47 Å². The minimum absolute atomic E-state index is 0.0710. The van der Waals surface area contributed by atoms with E-state index < -0.39 is 0 Å². The maximum Gasteiger partial charge on any atom is 0.205 e. The van der Waals surface area contributed by atoms with Gasteiger partial charge in [0.15, 0.2) is 11.5 Å². The number of nitriles is 1. The maximum atomic E-state index is 13.0. The molecule has 0 unspecified atom stereocenters. The number of aromatic amines is 1. The molecular weight excluding hydrogens is 378 g/mol. The van der Waals surface area contributed by atoms with Gasteiger partial charge in [0, 0.05) is 40.5 Å². The number of hydrogen-bond acceptors (Lipinski definition) is 5. The maximum absolute atomic E-state index is 13.0. The van der Waals surface area contributed by atoms with E-state index >= 15 is 0 Å². The highest BCUT2D eigenvalue weighted by molar-refractivity contribution is 6.18. The predicted octanol–water partition coefficient (Wildman–Crippen LogP) is 4.00. The molecule has 2 N–H and O–H groups in total. The van der Waals surface area contributed by atoms with E-state index in [0.29, 0.717) is 17.1 Å². The third-order valence-corrected chi connectivity index (χ3v) is 5.22. The van der Waals surface area contributed by atoms with Crippen LogP contribution in [0.1, 0.15) is 21.5 Å². The van der Waals surface area contributed by atoms with Crippen LogP contribution in [0.15, 0.2) is 60.3 Å². The Morgan fingerprint density at radius 1 is 1.17 bits per heavy atom. The van der Waals surface area contributed by atoms with Gasteiger partial charge in [-0.05, 0) is 42.3 Å². The number of benzene rings is 2. The number of carbonyl (C=O) groups is 1. The Morgan fingerprint density at radius 3 is 2.70 bits per heavy atom. The monoisotopic (exact) mass is 399 g/mol. The second kappa shape index (κ2) is 8.18. The Kier molecular flexibility index (Phi) is 5.27. The number of ether oxygens (including phenoxy) is 2. The SMILES string of the molecule is COc1cc2c(cc1OC)/C(=C/C=C(\C#N)C(=O)c1c[nH]c3ccccc13)NCC2. The van der Waals surface area contributed by atoms with Crippen molar-refractivity contribution in [3.05, 3.63) is 77.0 Å². The molecule has 1 aliphatic rings. The second-order valence-electron chi connectivity index (χ2n) is 6.89. The van der Waals surface area contributed by atoms with Crippen molar-refractivity contribution in [2.45, 2.75) is 6.42 Å². The summed E-state index contributed by atoms with van der Waals surface area (Å²) in [6, 6.07) is 13.4. The number of carbonyl (C=O) groups excluding carboxylic acids is 1. The Morgan fingerprint density at radius 2 is 1.93 bits per heavy atom. The number of ketones is 1. The fourth-order valence-electron chi connectivity index (χ4n) is 3.69. The fourth-order valence-corrected chi connectivity index (χ4v) is 3.69. The van der Waals surface area contributed by atoms with Crippen molar-refractivity contribution in [1.29, 1.82) is 5.26 Å². The zero-order valence-corrected chi connectivity index (χ0v) is 16.8. The summed E-state index contributed by atoms with van der Waals surface area (Å²) in [4.78, 5) is 16.0. The van der Waals surface area contributed by atoms with Gasteiger partial charge in [-0.3, -0.25) is 4.79 Å². The summed E-state index contributed by atoms with van der Waals surface area (Å²) in [6.45, 7) is 0.750. The number of fused-ring (bicyclic) bond motifs is 2. The normalized spacial score (nSPS) is 14.7. The summed E-state index contributed by atoms with van der Waals surface area (Å²) < 4.78 is 10.8. The van der Waals surface area contributed by atoms with Crippen molar-refractivity contribution >= 4 is 22.4 Å². The van der Waals surface area contributed by atoms with Crippen molar-refractivity contribution in [3.8, 4) is 17.6 Å². The van der Waals surface area contributed by atoms with Gasteiger partial charge < -0.3 is 19.8 Å². The van der Waals surface area contributed by atoms with Crippen LogP contribution in [0.2, 0.25) is 0 Å². The molecule has 2 heterocycles. The van der Waals surface area contributed by atoms with Gasteiger partial charge in [-0.1, -0.05) is 18.2 Å². The molecule has 6 heteroatoms. The number of allylic oxidation sites excluding steroid dienone is 3. The van der Waals surface area contributed by atoms with Crippen LogP contribution in [-0.4, -0.2) is 31.5 Å². The van der Waals surface area contributed by atoms with E-state index in [2.05, 4.69) is 10.3 Å². The summed E-state index contributed by atoms with van der Waals surface area (Å²) >= 11 is 0. The Hall–Kier alpha value is -3.98. The van der Waals surface area contributed by atoms with Crippen molar-refractivity contribution < 1.29 is 14.3 Å². The first-order valence-electron chi connectivity index (χ1n) is 9.58. The molecular formula is C24H21N3O3. The molecule has 0 saturated heterocycles. The number of aromatic nitrogens is 1. The van der Waals surface area contributed by atoms with E-state index in [1.807, 2.05) is 42.5 Å². The molecule has 4 rings (SSSR count). The number of H-pyrrole nitrogens is 1. The van der Waals surface area contributed by atoms with Gasteiger partial charge in [-0.15, -0.1) is 0 Å². The van der Waals surface area contributed by atoms with Crippen LogP contribution >= 0.6 is 0 Å². The standard InChI is InChI=1S/C24H21N3O3/c1-29-22-11-15-9-10-26-21(18(15)12-23(22)30-2)8-7-16(13-25)24(28)19-14-27-20-6-4-3-5-17(19)20/h3-8,11-12,14,26-27H,9-10H2,1-2H3/b16-7+,21-8-. The van der Waals surface area contributed by atoms with E-state index in [1.165, 1.54) is 0 Å². The topological polar surface area (TPSA) is 87.1 Å².